The van der Waals surface area contributed by atoms with Gasteiger partial charge < -0.3 is 4.57 Å². The topological polar surface area (TPSA) is 43.6 Å². The molecule has 0 fully saturated rings. The maximum absolute atomic E-state index is 5.25. The summed E-state index contributed by atoms with van der Waals surface area (Å²) in [7, 11) is 0. The van der Waals surface area contributed by atoms with Gasteiger partial charge in [0, 0.05) is 38.4 Å². The highest BCUT2D eigenvalue weighted by molar-refractivity contribution is 6.12. The van der Waals surface area contributed by atoms with Gasteiger partial charge in [-0.2, -0.15) is 0 Å². The minimum absolute atomic E-state index is 0.154. The highest BCUT2D eigenvalue weighted by Gasteiger charge is 2.36. The van der Waals surface area contributed by atoms with Crippen molar-refractivity contribution in [1.29, 1.82) is 0 Å². The van der Waals surface area contributed by atoms with Crippen LogP contribution in [0.15, 0.2) is 206 Å². The van der Waals surface area contributed by atoms with Gasteiger partial charge in [0.2, 0.25) is 0 Å². The van der Waals surface area contributed by atoms with Crippen molar-refractivity contribution in [2.75, 3.05) is 0 Å². The van der Waals surface area contributed by atoms with Gasteiger partial charge in [0.25, 0.3) is 0 Å². The number of hydrogen-bond donors (Lipinski definition) is 0. The van der Waals surface area contributed by atoms with E-state index in [2.05, 4.69) is 200 Å². The fourth-order valence-electron chi connectivity index (χ4n) is 9.67. The molecule has 9 aromatic carbocycles. The summed E-state index contributed by atoms with van der Waals surface area (Å²) in [6.07, 6.45) is 0. The molecule has 0 unspecified atom stereocenters. The molecule has 1 aliphatic rings. The summed E-state index contributed by atoms with van der Waals surface area (Å²) in [5.74, 6) is 1.88. The van der Waals surface area contributed by atoms with Crippen LogP contribution in [0.1, 0.15) is 25.0 Å². The van der Waals surface area contributed by atoms with Crippen molar-refractivity contribution >= 4 is 32.6 Å². The lowest BCUT2D eigenvalue weighted by Gasteiger charge is -2.22. The smallest absolute Gasteiger partial charge is 0.164 e. The van der Waals surface area contributed by atoms with Crippen LogP contribution in [0.5, 0.6) is 0 Å². The zero-order valence-electron chi connectivity index (χ0n) is 34.4. The Morgan fingerprint density at radius 3 is 1.68 bits per heavy atom. The molecule has 2 heterocycles. The van der Waals surface area contributed by atoms with E-state index in [1.165, 1.54) is 54.9 Å². The van der Waals surface area contributed by atoms with Gasteiger partial charge in [-0.25, -0.2) is 15.0 Å². The molecule has 0 saturated heterocycles. The molecule has 11 aromatic rings. The zero-order chi connectivity index (χ0) is 41.4. The summed E-state index contributed by atoms with van der Waals surface area (Å²) >= 11 is 0. The number of nitrogens with zero attached hydrogens (tertiary/aromatic N) is 4. The van der Waals surface area contributed by atoms with E-state index in [9.17, 15) is 0 Å². The van der Waals surface area contributed by atoms with Crippen LogP contribution >= 0.6 is 0 Å². The fraction of sp³-hybridized carbons (Fsp3) is 0.0517. The molecule has 4 heteroatoms. The summed E-state index contributed by atoms with van der Waals surface area (Å²) in [4.78, 5) is 15.5. The first-order valence-corrected chi connectivity index (χ1v) is 21.3. The van der Waals surface area contributed by atoms with Gasteiger partial charge >= 0.3 is 0 Å². The third-order valence-electron chi connectivity index (χ3n) is 12.9. The fourth-order valence-corrected chi connectivity index (χ4v) is 9.67. The molecule has 12 rings (SSSR count). The van der Waals surface area contributed by atoms with Crippen LogP contribution in [0.3, 0.4) is 0 Å². The quantitative estimate of drug-likeness (QED) is 0.168. The normalized spacial score (nSPS) is 12.8. The summed E-state index contributed by atoms with van der Waals surface area (Å²) in [6.45, 7) is 4.71. The van der Waals surface area contributed by atoms with E-state index in [1.807, 2.05) is 24.3 Å². The molecule has 0 amide bonds. The minimum atomic E-state index is -0.154. The Hall–Kier alpha value is -7.95. The van der Waals surface area contributed by atoms with Crippen molar-refractivity contribution in [3.8, 4) is 73.2 Å². The van der Waals surface area contributed by atoms with Gasteiger partial charge in [-0.05, 0) is 80.0 Å². The number of aromatic nitrogens is 4. The van der Waals surface area contributed by atoms with E-state index in [-0.39, 0.29) is 5.41 Å². The van der Waals surface area contributed by atoms with Crippen molar-refractivity contribution in [1.82, 2.24) is 19.5 Å². The van der Waals surface area contributed by atoms with Crippen molar-refractivity contribution in [3.63, 3.8) is 0 Å². The first-order chi connectivity index (χ1) is 30.5. The van der Waals surface area contributed by atoms with Crippen molar-refractivity contribution < 1.29 is 0 Å². The van der Waals surface area contributed by atoms with Crippen LogP contribution in [-0.4, -0.2) is 19.5 Å². The molecule has 0 bridgehead atoms. The largest absolute Gasteiger partial charge is 0.309 e. The summed E-state index contributed by atoms with van der Waals surface area (Å²) in [6, 6.07) is 73.9. The molecule has 0 radical (unpaired) electrons. The molecule has 0 atom stereocenters. The van der Waals surface area contributed by atoms with Crippen LogP contribution in [0.4, 0.5) is 0 Å². The highest BCUT2D eigenvalue weighted by atomic mass is 15.0. The Labute approximate surface area is 360 Å². The third kappa shape index (κ3) is 5.79. The van der Waals surface area contributed by atoms with Gasteiger partial charge in [-0.3, -0.25) is 0 Å². The second-order valence-electron chi connectivity index (χ2n) is 16.8. The third-order valence-corrected chi connectivity index (χ3v) is 12.9. The minimum Gasteiger partial charge on any atom is -0.309 e. The summed E-state index contributed by atoms with van der Waals surface area (Å²) in [5, 5.41) is 4.86. The Kier molecular flexibility index (Phi) is 8.16. The maximum Gasteiger partial charge on any atom is 0.164 e. The molecule has 0 N–H and O–H groups in total. The van der Waals surface area contributed by atoms with Crippen LogP contribution < -0.4 is 0 Å². The number of fused-ring (bicyclic) bond motifs is 7. The predicted molar refractivity (Wildman–Crippen MR) is 256 cm³/mol. The SMILES string of the molecule is CC1(C)c2ccccc2-c2cc3c4ccccc4n(-c4cc(-c5nc(-c6ccccc6)nc(-c6ccc(-c7ccccc7)cc6)n5)ccc4-c4ccc5ccccc5c4)c3cc21. The second-order valence-corrected chi connectivity index (χ2v) is 16.8. The van der Waals surface area contributed by atoms with Gasteiger partial charge in [0.05, 0.1) is 16.7 Å². The average molecular weight is 793 g/mol. The summed E-state index contributed by atoms with van der Waals surface area (Å²) < 4.78 is 2.47. The summed E-state index contributed by atoms with van der Waals surface area (Å²) in [5.41, 5.74) is 15.9. The standard InChI is InChI=1S/C58H40N4/c1-58(2)50-23-13-11-21-46(50)48-35-49-47-22-12-14-24-52(47)62(54(49)36-51(48)58)53-34-44(31-32-45(53)43-30-27-38-17-9-10-20-42(38)33-43)57-60-55(40-18-7-4-8-19-40)59-56(61-57)41-28-25-39(26-29-41)37-15-5-3-6-16-37/h3-36H,1-2H3. The number of hydrogen-bond acceptors (Lipinski definition) is 3. The lowest BCUT2D eigenvalue weighted by atomic mass is 9.82. The second kappa shape index (κ2) is 14.1. The Bertz CT molecular complexity index is 3530. The zero-order valence-corrected chi connectivity index (χ0v) is 34.4. The molecular weight excluding hydrogens is 753 g/mol. The van der Waals surface area contributed by atoms with Gasteiger partial charge in [-0.1, -0.05) is 190 Å². The van der Waals surface area contributed by atoms with Gasteiger partial charge in [0.1, 0.15) is 0 Å². The van der Waals surface area contributed by atoms with Crippen LogP contribution in [0, 0.1) is 0 Å². The number of para-hydroxylation sites is 1. The maximum atomic E-state index is 5.25. The van der Waals surface area contributed by atoms with E-state index in [0.717, 1.165) is 44.6 Å². The molecule has 0 aliphatic heterocycles. The average Bonchev–Trinajstić information content (AvgIpc) is 3.78. The van der Waals surface area contributed by atoms with Crippen molar-refractivity contribution in [2.45, 2.75) is 19.3 Å². The molecule has 4 nitrogen and oxygen atoms in total. The molecule has 0 saturated carbocycles. The molecule has 2 aromatic heterocycles. The van der Waals surface area contributed by atoms with E-state index in [4.69, 9.17) is 15.0 Å². The molecule has 0 spiro atoms. The molecule has 292 valence electrons. The molecule has 1 aliphatic carbocycles. The van der Waals surface area contributed by atoms with Crippen LogP contribution in [0.25, 0.3) is 106 Å². The van der Waals surface area contributed by atoms with Crippen LogP contribution in [-0.2, 0) is 5.41 Å². The van der Waals surface area contributed by atoms with E-state index in [0.29, 0.717) is 17.5 Å². The van der Waals surface area contributed by atoms with Gasteiger partial charge in [0.15, 0.2) is 17.5 Å². The van der Waals surface area contributed by atoms with E-state index in [1.54, 1.807) is 0 Å². The number of rotatable bonds is 6. The first kappa shape index (κ1) is 35.9. The molecule has 62 heavy (non-hydrogen) atoms. The first-order valence-electron chi connectivity index (χ1n) is 21.3. The van der Waals surface area contributed by atoms with E-state index >= 15 is 0 Å². The van der Waals surface area contributed by atoms with Crippen LogP contribution in [0.2, 0.25) is 0 Å². The predicted octanol–water partition coefficient (Wildman–Crippen LogP) is 14.8. The Balaban J connectivity index is 1.11. The highest BCUT2D eigenvalue weighted by Crippen LogP contribution is 2.51. The Morgan fingerprint density at radius 2 is 0.903 bits per heavy atom. The number of benzene rings is 9. The monoisotopic (exact) mass is 792 g/mol. The molecular formula is C58H40N4. The van der Waals surface area contributed by atoms with Gasteiger partial charge in [-0.15, -0.1) is 0 Å². The van der Waals surface area contributed by atoms with E-state index < -0.39 is 0 Å². The Morgan fingerprint density at radius 1 is 0.339 bits per heavy atom. The van der Waals surface area contributed by atoms with Crippen molar-refractivity contribution in [2.24, 2.45) is 0 Å². The lowest BCUT2D eigenvalue weighted by Crippen LogP contribution is -2.15. The lowest BCUT2D eigenvalue weighted by molar-refractivity contribution is 0.661. The van der Waals surface area contributed by atoms with Crippen molar-refractivity contribution in [3.05, 3.63) is 217 Å².